The molecule has 1 N–H and O–H groups in total. The van der Waals surface area contributed by atoms with E-state index in [1.165, 1.54) is 0 Å². The van der Waals surface area contributed by atoms with Crippen molar-refractivity contribution in [3.05, 3.63) is 22.2 Å². The molecule has 1 aromatic carbocycles. The van der Waals surface area contributed by atoms with E-state index in [4.69, 9.17) is 4.74 Å². The van der Waals surface area contributed by atoms with Crippen LogP contribution in [0.15, 0.2) is 16.6 Å². The molecule has 0 saturated carbocycles. The van der Waals surface area contributed by atoms with Gasteiger partial charge in [0, 0.05) is 16.1 Å². The Morgan fingerprint density at radius 2 is 2.00 bits per heavy atom. The molecule has 0 heterocycles. The number of aromatic hydroxyl groups is 1. The third kappa shape index (κ3) is 2.15. The molecule has 13 heavy (non-hydrogen) atoms. The van der Waals surface area contributed by atoms with E-state index in [1.54, 1.807) is 19.2 Å². The molecule has 0 radical (unpaired) electrons. The number of hydrogen-bond acceptors (Lipinski definition) is 2. The van der Waals surface area contributed by atoms with Crippen LogP contribution in [-0.2, 0) is 0 Å². The lowest BCUT2D eigenvalue weighted by molar-refractivity contribution is 0.400. The second-order valence-electron chi connectivity index (χ2n) is 3.20. The Hall–Kier alpha value is -0.700. The summed E-state index contributed by atoms with van der Waals surface area (Å²) in [6.07, 6.45) is 0. The highest BCUT2D eigenvalue weighted by molar-refractivity contribution is 9.10. The smallest absolute Gasteiger partial charge is 0.127 e. The van der Waals surface area contributed by atoms with Crippen LogP contribution in [0.25, 0.3) is 0 Å². The first-order valence-corrected chi connectivity index (χ1v) is 4.92. The van der Waals surface area contributed by atoms with E-state index >= 15 is 0 Å². The Kier molecular flexibility index (Phi) is 3.20. The van der Waals surface area contributed by atoms with Crippen LogP contribution in [0.3, 0.4) is 0 Å². The molecule has 0 atom stereocenters. The van der Waals surface area contributed by atoms with Crippen molar-refractivity contribution in [2.24, 2.45) is 0 Å². The van der Waals surface area contributed by atoms with E-state index in [0.29, 0.717) is 5.92 Å². The molecule has 1 rings (SSSR count). The maximum atomic E-state index is 9.32. The number of phenolic OH excluding ortho intramolecular Hbond substituents is 1. The predicted octanol–water partition coefficient (Wildman–Crippen LogP) is 3.29. The van der Waals surface area contributed by atoms with Gasteiger partial charge >= 0.3 is 0 Å². The normalized spacial score (nSPS) is 10.5. The third-order valence-electron chi connectivity index (χ3n) is 1.87. The first-order chi connectivity index (χ1) is 6.06. The van der Waals surface area contributed by atoms with Gasteiger partial charge in [-0.05, 0) is 12.0 Å². The van der Waals surface area contributed by atoms with E-state index in [-0.39, 0.29) is 5.75 Å². The van der Waals surface area contributed by atoms with Gasteiger partial charge in [-0.15, -0.1) is 0 Å². The van der Waals surface area contributed by atoms with Crippen LogP contribution in [0.4, 0.5) is 0 Å². The highest BCUT2D eigenvalue weighted by atomic mass is 79.9. The van der Waals surface area contributed by atoms with Gasteiger partial charge in [0.25, 0.3) is 0 Å². The Morgan fingerprint density at radius 3 is 2.46 bits per heavy atom. The van der Waals surface area contributed by atoms with Crippen molar-refractivity contribution in [1.82, 2.24) is 0 Å². The van der Waals surface area contributed by atoms with Gasteiger partial charge in [-0.3, -0.25) is 0 Å². The quantitative estimate of drug-likeness (QED) is 0.866. The van der Waals surface area contributed by atoms with Crippen LogP contribution in [0, 0.1) is 0 Å². The summed E-state index contributed by atoms with van der Waals surface area (Å²) in [4.78, 5) is 0. The van der Waals surface area contributed by atoms with Gasteiger partial charge in [-0.1, -0.05) is 29.8 Å². The van der Waals surface area contributed by atoms with Crippen LogP contribution < -0.4 is 4.74 Å². The molecule has 0 aliphatic heterocycles. The van der Waals surface area contributed by atoms with Gasteiger partial charge in [-0.2, -0.15) is 0 Å². The molecular formula is C10H13BrO2. The van der Waals surface area contributed by atoms with Crippen LogP contribution >= 0.6 is 15.9 Å². The number of ether oxygens (including phenoxy) is 1. The van der Waals surface area contributed by atoms with Crippen LogP contribution in [-0.4, -0.2) is 12.2 Å². The molecule has 0 aliphatic rings. The van der Waals surface area contributed by atoms with E-state index in [9.17, 15) is 5.11 Å². The van der Waals surface area contributed by atoms with Crippen molar-refractivity contribution in [3.8, 4) is 11.5 Å². The molecule has 3 heteroatoms. The summed E-state index contributed by atoms with van der Waals surface area (Å²) in [6, 6.07) is 3.30. The zero-order chi connectivity index (χ0) is 10.0. The average Bonchev–Trinajstić information content (AvgIpc) is 2.01. The second kappa shape index (κ2) is 4.01. The summed E-state index contributed by atoms with van der Waals surface area (Å²) in [5, 5.41) is 9.32. The summed E-state index contributed by atoms with van der Waals surface area (Å²) < 4.78 is 6.07. The minimum Gasteiger partial charge on any atom is -0.508 e. The first kappa shape index (κ1) is 10.4. The number of rotatable bonds is 2. The molecule has 0 saturated heterocycles. The van der Waals surface area contributed by atoms with Gasteiger partial charge < -0.3 is 9.84 Å². The fourth-order valence-electron chi connectivity index (χ4n) is 1.31. The Balaban J connectivity index is 3.30. The summed E-state index contributed by atoms with van der Waals surface area (Å²) in [5.41, 5.74) is 1.08. The lowest BCUT2D eigenvalue weighted by atomic mass is 10.0. The standard InChI is InChI=1S/C10H13BrO2/c1-6(2)10-8(11)4-7(12)5-9(10)13-3/h4-6,12H,1-3H3. The zero-order valence-electron chi connectivity index (χ0n) is 7.97. The number of benzene rings is 1. The molecule has 1 aromatic rings. The molecular weight excluding hydrogens is 232 g/mol. The fourth-order valence-corrected chi connectivity index (χ4v) is 2.20. The Labute approximate surface area is 86.7 Å². The van der Waals surface area contributed by atoms with E-state index in [2.05, 4.69) is 29.8 Å². The topological polar surface area (TPSA) is 29.5 Å². The summed E-state index contributed by atoms with van der Waals surface area (Å²) in [5.74, 6) is 1.31. The van der Waals surface area contributed by atoms with Crippen LogP contribution in [0.2, 0.25) is 0 Å². The Bertz CT molecular complexity index is 308. The number of halogens is 1. The van der Waals surface area contributed by atoms with Crippen molar-refractivity contribution >= 4 is 15.9 Å². The highest BCUT2D eigenvalue weighted by Crippen LogP contribution is 2.36. The number of phenols is 1. The van der Waals surface area contributed by atoms with E-state index in [0.717, 1.165) is 15.8 Å². The molecule has 0 amide bonds. The monoisotopic (exact) mass is 244 g/mol. The van der Waals surface area contributed by atoms with Crippen molar-refractivity contribution < 1.29 is 9.84 Å². The summed E-state index contributed by atoms with van der Waals surface area (Å²) in [7, 11) is 1.60. The average molecular weight is 245 g/mol. The third-order valence-corrected chi connectivity index (χ3v) is 2.53. The van der Waals surface area contributed by atoms with E-state index in [1.807, 2.05) is 0 Å². The molecule has 0 spiro atoms. The first-order valence-electron chi connectivity index (χ1n) is 4.12. The van der Waals surface area contributed by atoms with Crippen molar-refractivity contribution in [1.29, 1.82) is 0 Å². The molecule has 72 valence electrons. The fraction of sp³-hybridized carbons (Fsp3) is 0.400. The molecule has 2 nitrogen and oxygen atoms in total. The van der Waals surface area contributed by atoms with Gasteiger partial charge in [0.1, 0.15) is 11.5 Å². The number of methoxy groups -OCH3 is 1. The highest BCUT2D eigenvalue weighted by Gasteiger charge is 2.12. The summed E-state index contributed by atoms with van der Waals surface area (Å²) in [6.45, 7) is 4.17. The van der Waals surface area contributed by atoms with Gasteiger partial charge in [0.05, 0.1) is 7.11 Å². The van der Waals surface area contributed by atoms with Gasteiger partial charge in [0.2, 0.25) is 0 Å². The zero-order valence-corrected chi connectivity index (χ0v) is 9.55. The molecule has 0 unspecified atom stereocenters. The van der Waals surface area contributed by atoms with Crippen LogP contribution in [0.5, 0.6) is 11.5 Å². The molecule has 0 aromatic heterocycles. The SMILES string of the molecule is COc1cc(O)cc(Br)c1C(C)C. The second-order valence-corrected chi connectivity index (χ2v) is 4.05. The minimum absolute atomic E-state index is 0.216. The Morgan fingerprint density at radius 1 is 1.38 bits per heavy atom. The predicted molar refractivity (Wildman–Crippen MR) is 56.4 cm³/mol. The molecule has 0 bridgehead atoms. The minimum atomic E-state index is 0.216. The van der Waals surface area contributed by atoms with Crippen molar-refractivity contribution in [2.45, 2.75) is 19.8 Å². The number of hydrogen-bond donors (Lipinski definition) is 1. The van der Waals surface area contributed by atoms with Crippen molar-refractivity contribution in [3.63, 3.8) is 0 Å². The molecule has 0 aliphatic carbocycles. The van der Waals surface area contributed by atoms with Gasteiger partial charge in [0.15, 0.2) is 0 Å². The lowest BCUT2D eigenvalue weighted by Gasteiger charge is -2.13. The van der Waals surface area contributed by atoms with Crippen molar-refractivity contribution in [2.75, 3.05) is 7.11 Å². The lowest BCUT2D eigenvalue weighted by Crippen LogP contribution is -1.95. The van der Waals surface area contributed by atoms with Gasteiger partial charge in [-0.25, -0.2) is 0 Å². The van der Waals surface area contributed by atoms with E-state index < -0.39 is 0 Å². The van der Waals surface area contributed by atoms with Crippen LogP contribution in [0.1, 0.15) is 25.3 Å². The maximum Gasteiger partial charge on any atom is 0.127 e. The largest absolute Gasteiger partial charge is 0.508 e. The summed E-state index contributed by atoms with van der Waals surface area (Å²) >= 11 is 3.40. The maximum absolute atomic E-state index is 9.32. The molecule has 0 fully saturated rings.